The van der Waals surface area contributed by atoms with E-state index in [1.54, 1.807) is 25.7 Å². The van der Waals surface area contributed by atoms with Crippen molar-refractivity contribution in [2.24, 2.45) is 0 Å². The van der Waals surface area contributed by atoms with Crippen LogP contribution in [0.1, 0.15) is 27.2 Å². The number of amides is 1. The second kappa shape index (κ2) is 10.3. The van der Waals surface area contributed by atoms with Gasteiger partial charge in [0.25, 0.3) is 0 Å². The first-order valence-corrected chi connectivity index (χ1v) is 9.93. The summed E-state index contributed by atoms with van der Waals surface area (Å²) < 4.78 is 47.5. The van der Waals surface area contributed by atoms with E-state index in [4.69, 9.17) is 4.74 Å². The predicted molar refractivity (Wildman–Crippen MR) is 112 cm³/mol. The van der Waals surface area contributed by atoms with Gasteiger partial charge in [-0.2, -0.15) is 19.6 Å². The second-order valence-corrected chi connectivity index (χ2v) is 8.63. The van der Waals surface area contributed by atoms with Crippen LogP contribution in [-0.4, -0.2) is 104 Å². The number of nitriles is 1. The average molecular weight is 525 g/mol. The van der Waals surface area contributed by atoms with Gasteiger partial charge in [-0.05, 0) is 42.8 Å². The largest absolute Gasteiger partial charge is 0.444 e. The SMILES string of the molecule is CC(C)(C)OC(=O)N1CCN(c2nc(F)nc3c(F)c(Br)c(F)cc23)C[C@@H]1CC#N.[K]. The van der Waals surface area contributed by atoms with E-state index in [1.807, 2.05) is 6.07 Å². The molecule has 7 nitrogen and oxygen atoms in total. The molecule has 161 valence electrons. The van der Waals surface area contributed by atoms with Gasteiger partial charge < -0.3 is 14.5 Å². The molecular formula is C19H19BrF3KN5O2. The van der Waals surface area contributed by atoms with E-state index in [1.165, 1.54) is 4.90 Å². The molecule has 12 heteroatoms. The Kier molecular flexibility index (Phi) is 8.74. The molecule has 0 spiro atoms. The Morgan fingerprint density at radius 3 is 2.61 bits per heavy atom. The van der Waals surface area contributed by atoms with Crippen LogP contribution in [0.25, 0.3) is 10.9 Å². The third kappa shape index (κ3) is 5.88. The monoisotopic (exact) mass is 524 g/mol. The summed E-state index contributed by atoms with van der Waals surface area (Å²) in [6.45, 7) is 5.67. The zero-order chi connectivity index (χ0) is 22.2. The molecule has 1 aromatic carbocycles. The third-order valence-electron chi connectivity index (χ3n) is 4.52. The van der Waals surface area contributed by atoms with Gasteiger partial charge in [-0.1, -0.05) is 0 Å². The predicted octanol–water partition coefficient (Wildman–Crippen LogP) is 3.77. The quantitative estimate of drug-likeness (QED) is 0.338. The first kappa shape index (κ1) is 26.3. The number of aromatic nitrogens is 2. The van der Waals surface area contributed by atoms with Gasteiger partial charge in [0.2, 0.25) is 0 Å². The van der Waals surface area contributed by atoms with E-state index >= 15 is 0 Å². The Bertz CT molecular complexity index is 1040. The molecule has 2 heterocycles. The first-order chi connectivity index (χ1) is 14.0. The number of anilines is 1. The molecule has 1 fully saturated rings. The molecular weight excluding hydrogens is 506 g/mol. The summed E-state index contributed by atoms with van der Waals surface area (Å²) in [4.78, 5) is 22.7. The summed E-state index contributed by atoms with van der Waals surface area (Å²) in [6.07, 6.45) is -1.74. The van der Waals surface area contributed by atoms with Crippen LogP contribution in [0.5, 0.6) is 0 Å². The van der Waals surface area contributed by atoms with Crippen molar-refractivity contribution in [1.82, 2.24) is 14.9 Å². The van der Waals surface area contributed by atoms with Crippen LogP contribution in [0, 0.1) is 29.0 Å². The maximum absolute atomic E-state index is 14.4. The van der Waals surface area contributed by atoms with Crippen LogP contribution in [0.15, 0.2) is 10.5 Å². The smallest absolute Gasteiger partial charge is 0.410 e. The number of hydrogen-bond acceptors (Lipinski definition) is 6. The summed E-state index contributed by atoms with van der Waals surface area (Å²) in [6, 6.07) is 2.47. The molecule has 3 rings (SSSR count). The zero-order valence-corrected chi connectivity index (χ0v) is 22.3. The fraction of sp³-hybridized carbons (Fsp3) is 0.474. The minimum atomic E-state index is -1.17. The molecule has 2 aromatic rings. The Hall–Kier alpha value is -0.974. The average Bonchev–Trinajstić information content (AvgIpc) is 2.65. The van der Waals surface area contributed by atoms with Gasteiger partial charge in [-0.25, -0.2) is 13.6 Å². The van der Waals surface area contributed by atoms with E-state index in [2.05, 4.69) is 25.9 Å². The number of carbonyl (C=O) groups excluding carboxylic acids is 1. The van der Waals surface area contributed by atoms with Crippen LogP contribution in [0.2, 0.25) is 0 Å². The molecule has 1 amide bonds. The third-order valence-corrected chi connectivity index (χ3v) is 5.24. The first-order valence-electron chi connectivity index (χ1n) is 9.14. The van der Waals surface area contributed by atoms with Crippen molar-refractivity contribution in [3.63, 3.8) is 0 Å². The standard InChI is InChI=1S/C19H19BrF3N5O2.K/c1-19(2,3)30-18(29)28-7-6-27(9-10(28)4-5-24)16-11-8-12(21)13(20)14(22)15(11)25-17(23)26-16;/h8,10H,4,6-7,9H2,1-3H3;/t10-;/m0./s1. The van der Waals surface area contributed by atoms with Gasteiger partial charge in [0.15, 0.2) is 5.82 Å². The van der Waals surface area contributed by atoms with Crippen molar-refractivity contribution in [1.29, 1.82) is 5.26 Å². The van der Waals surface area contributed by atoms with Crippen molar-refractivity contribution in [2.75, 3.05) is 24.5 Å². The molecule has 0 saturated carbocycles. The fourth-order valence-electron chi connectivity index (χ4n) is 3.26. The number of rotatable bonds is 2. The molecule has 0 unspecified atom stereocenters. The van der Waals surface area contributed by atoms with Crippen molar-refractivity contribution in [2.45, 2.75) is 38.8 Å². The zero-order valence-electron chi connectivity index (χ0n) is 17.5. The van der Waals surface area contributed by atoms with Gasteiger partial charge in [-0.3, -0.25) is 0 Å². The van der Waals surface area contributed by atoms with E-state index in [-0.39, 0.29) is 94.2 Å². The molecule has 1 atom stereocenters. The van der Waals surface area contributed by atoms with Crippen molar-refractivity contribution < 1.29 is 22.7 Å². The Morgan fingerprint density at radius 2 is 2.00 bits per heavy atom. The van der Waals surface area contributed by atoms with Gasteiger partial charge in [0, 0.05) is 76.4 Å². The molecule has 1 saturated heterocycles. The van der Waals surface area contributed by atoms with Gasteiger partial charge >= 0.3 is 12.2 Å². The van der Waals surface area contributed by atoms with E-state index in [0.717, 1.165) is 6.07 Å². The number of piperazine rings is 1. The fourth-order valence-corrected chi connectivity index (χ4v) is 3.56. The van der Waals surface area contributed by atoms with Crippen LogP contribution >= 0.6 is 15.9 Å². The molecule has 1 radical (unpaired) electrons. The van der Waals surface area contributed by atoms with Crippen LogP contribution in [-0.2, 0) is 4.74 Å². The Morgan fingerprint density at radius 1 is 1.32 bits per heavy atom. The number of carbonyl (C=O) groups is 1. The van der Waals surface area contributed by atoms with E-state index in [0.29, 0.717) is 0 Å². The summed E-state index contributed by atoms with van der Waals surface area (Å²) >= 11 is 2.78. The molecule has 31 heavy (non-hydrogen) atoms. The van der Waals surface area contributed by atoms with Gasteiger partial charge in [0.1, 0.15) is 22.8 Å². The van der Waals surface area contributed by atoms with Crippen molar-refractivity contribution in [3.8, 4) is 6.07 Å². The summed E-state index contributed by atoms with van der Waals surface area (Å²) in [5.74, 6) is -1.92. The summed E-state index contributed by atoms with van der Waals surface area (Å²) in [7, 11) is 0. The maximum atomic E-state index is 14.4. The molecule has 0 N–H and O–H groups in total. The normalized spacial score (nSPS) is 16.6. The minimum Gasteiger partial charge on any atom is -0.444 e. The number of hydrogen-bond donors (Lipinski definition) is 0. The van der Waals surface area contributed by atoms with Crippen LogP contribution < -0.4 is 4.90 Å². The summed E-state index contributed by atoms with van der Waals surface area (Å²) in [5.41, 5.74) is -1.07. The Labute approximate surface area is 228 Å². The van der Waals surface area contributed by atoms with Gasteiger partial charge in [-0.15, -0.1) is 0 Å². The van der Waals surface area contributed by atoms with Crippen molar-refractivity contribution in [3.05, 3.63) is 28.3 Å². The number of halogens is 4. The number of fused-ring (bicyclic) bond motifs is 1. The summed E-state index contributed by atoms with van der Waals surface area (Å²) in [5, 5.41) is 9.19. The molecule has 0 bridgehead atoms. The van der Waals surface area contributed by atoms with Crippen LogP contribution in [0.3, 0.4) is 0 Å². The Balaban J connectivity index is 0.00000341. The molecule has 1 aliphatic rings. The topological polar surface area (TPSA) is 82.3 Å². The maximum Gasteiger partial charge on any atom is 0.410 e. The van der Waals surface area contributed by atoms with Crippen LogP contribution in [0.4, 0.5) is 23.8 Å². The van der Waals surface area contributed by atoms with Crippen molar-refractivity contribution >= 4 is 90.1 Å². The molecule has 1 aliphatic heterocycles. The number of nitrogens with zero attached hydrogens (tertiary/aromatic N) is 5. The molecule has 0 aliphatic carbocycles. The second-order valence-electron chi connectivity index (χ2n) is 7.83. The minimum absolute atomic E-state index is 0. The van der Waals surface area contributed by atoms with E-state index in [9.17, 15) is 23.2 Å². The number of ether oxygens (including phenoxy) is 1. The van der Waals surface area contributed by atoms with E-state index < -0.39 is 39.9 Å². The molecule has 1 aromatic heterocycles. The van der Waals surface area contributed by atoms with Gasteiger partial charge in [0.05, 0.1) is 23.0 Å². The number of benzene rings is 1.